The fourth-order valence-corrected chi connectivity index (χ4v) is 3.44. The molecule has 1 aromatic rings. The highest BCUT2D eigenvalue weighted by Gasteiger charge is 2.29. The van der Waals surface area contributed by atoms with Gasteiger partial charge in [0.15, 0.2) is 0 Å². The van der Waals surface area contributed by atoms with Crippen LogP contribution in [0.2, 0.25) is 5.02 Å². The molecular weight excluding hydrogens is 279 g/mol. The molecule has 0 heterocycles. The first-order valence-corrected chi connectivity index (χ1v) is 6.96. The second kappa shape index (κ2) is 5.65. The Bertz CT molecular complexity index is 581. The van der Waals surface area contributed by atoms with E-state index in [0.717, 1.165) is 16.4 Å². The number of sulfonamides is 1. The Morgan fingerprint density at radius 3 is 2.61 bits per heavy atom. The summed E-state index contributed by atoms with van der Waals surface area (Å²) in [6.07, 6.45) is 0. The van der Waals surface area contributed by atoms with E-state index in [4.69, 9.17) is 16.9 Å². The predicted octanol–water partition coefficient (Wildman–Crippen LogP) is 2.40. The van der Waals surface area contributed by atoms with E-state index < -0.39 is 21.9 Å². The summed E-state index contributed by atoms with van der Waals surface area (Å²) in [6.45, 7) is 2.94. The summed E-state index contributed by atoms with van der Waals surface area (Å²) in [4.78, 5) is -0.326. The zero-order valence-electron chi connectivity index (χ0n) is 9.89. The number of halogens is 2. The Kier molecular flexibility index (Phi) is 4.68. The van der Waals surface area contributed by atoms with E-state index in [0.29, 0.717) is 0 Å². The standard InChI is InChI=1S/C11H12ClFN2O2S/c1-8(2)15(6-5-14)18(16,17)11-7-9(13)3-4-10(11)12/h3-4,7-8H,6H2,1-2H3. The van der Waals surface area contributed by atoms with Gasteiger partial charge in [0.2, 0.25) is 10.0 Å². The van der Waals surface area contributed by atoms with Crippen LogP contribution in [0.1, 0.15) is 13.8 Å². The van der Waals surface area contributed by atoms with Crippen LogP contribution in [0.5, 0.6) is 0 Å². The summed E-state index contributed by atoms with van der Waals surface area (Å²) in [7, 11) is -3.98. The first-order chi connectivity index (χ1) is 8.30. The Balaban J connectivity index is 3.36. The van der Waals surface area contributed by atoms with Crippen LogP contribution in [-0.2, 0) is 10.0 Å². The molecule has 0 aliphatic heterocycles. The maximum atomic E-state index is 13.1. The lowest BCUT2D eigenvalue weighted by Crippen LogP contribution is -2.37. The molecule has 0 fully saturated rings. The van der Waals surface area contributed by atoms with E-state index in [1.54, 1.807) is 19.9 Å². The van der Waals surface area contributed by atoms with Gasteiger partial charge >= 0.3 is 0 Å². The van der Waals surface area contributed by atoms with Gasteiger partial charge < -0.3 is 0 Å². The molecule has 0 atom stereocenters. The minimum absolute atomic E-state index is 0.0695. The SMILES string of the molecule is CC(C)N(CC#N)S(=O)(=O)c1cc(F)ccc1Cl. The van der Waals surface area contributed by atoms with E-state index >= 15 is 0 Å². The van der Waals surface area contributed by atoms with Crippen LogP contribution in [0.4, 0.5) is 4.39 Å². The van der Waals surface area contributed by atoms with Gasteiger partial charge in [0.05, 0.1) is 11.1 Å². The van der Waals surface area contributed by atoms with Crippen LogP contribution in [-0.4, -0.2) is 25.3 Å². The van der Waals surface area contributed by atoms with E-state index in [2.05, 4.69) is 0 Å². The van der Waals surface area contributed by atoms with Crippen LogP contribution in [0.3, 0.4) is 0 Å². The molecule has 0 saturated heterocycles. The lowest BCUT2D eigenvalue weighted by Gasteiger charge is -2.23. The summed E-state index contributed by atoms with van der Waals surface area (Å²) in [5, 5.41) is 8.59. The number of hydrogen-bond donors (Lipinski definition) is 0. The lowest BCUT2D eigenvalue weighted by molar-refractivity contribution is 0.385. The zero-order chi connectivity index (χ0) is 13.9. The largest absolute Gasteiger partial charge is 0.245 e. The lowest BCUT2D eigenvalue weighted by atomic mass is 10.3. The third-order valence-electron chi connectivity index (χ3n) is 2.28. The maximum absolute atomic E-state index is 13.1. The number of hydrogen-bond acceptors (Lipinski definition) is 3. The van der Waals surface area contributed by atoms with Crippen molar-refractivity contribution in [2.45, 2.75) is 24.8 Å². The summed E-state index contributed by atoms with van der Waals surface area (Å²) in [6, 6.07) is 4.45. The molecule has 0 N–H and O–H groups in total. The Hall–Kier alpha value is -1.16. The summed E-state index contributed by atoms with van der Waals surface area (Å²) >= 11 is 5.77. The minimum Gasteiger partial charge on any atom is -0.207 e. The molecule has 1 rings (SSSR count). The van der Waals surface area contributed by atoms with Crippen molar-refractivity contribution in [3.8, 4) is 6.07 Å². The first-order valence-electron chi connectivity index (χ1n) is 5.14. The predicted molar refractivity (Wildman–Crippen MR) is 66.1 cm³/mol. The summed E-state index contributed by atoms with van der Waals surface area (Å²) in [5.74, 6) is -0.696. The molecule has 18 heavy (non-hydrogen) atoms. The monoisotopic (exact) mass is 290 g/mol. The van der Waals surface area contributed by atoms with Crippen LogP contribution in [0, 0.1) is 17.1 Å². The fourth-order valence-electron chi connectivity index (χ4n) is 1.42. The zero-order valence-corrected chi connectivity index (χ0v) is 11.5. The molecule has 0 aromatic heterocycles. The van der Waals surface area contributed by atoms with Crippen molar-refractivity contribution in [1.29, 1.82) is 5.26 Å². The van der Waals surface area contributed by atoms with Crippen LogP contribution >= 0.6 is 11.6 Å². The third kappa shape index (κ3) is 2.99. The average Bonchev–Trinajstić information content (AvgIpc) is 2.28. The summed E-state index contributed by atoms with van der Waals surface area (Å²) < 4.78 is 38.6. The van der Waals surface area contributed by atoms with Gasteiger partial charge in [0, 0.05) is 6.04 Å². The van der Waals surface area contributed by atoms with Gasteiger partial charge in [0.1, 0.15) is 17.3 Å². The van der Waals surface area contributed by atoms with Crippen LogP contribution in [0.15, 0.2) is 23.1 Å². The van der Waals surface area contributed by atoms with Crippen molar-refractivity contribution in [3.05, 3.63) is 29.0 Å². The molecule has 0 spiro atoms. The van der Waals surface area contributed by atoms with Gasteiger partial charge in [-0.15, -0.1) is 0 Å². The van der Waals surface area contributed by atoms with E-state index in [-0.39, 0.29) is 16.5 Å². The molecule has 98 valence electrons. The molecule has 0 bridgehead atoms. The Morgan fingerprint density at radius 2 is 2.11 bits per heavy atom. The van der Waals surface area contributed by atoms with Gasteiger partial charge in [-0.25, -0.2) is 12.8 Å². The molecule has 0 amide bonds. The molecule has 7 heteroatoms. The van der Waals surface area contributed by atoms with E-state index in [1.165, 1.54) is 6.07 Å². The Labute approximate surface area is 111 Å². The molecule has 1 aromatic carbocycles. The van der Waals surface area contributed by atoms with E-state index in [1.807, 2.05) is 0 Å². The van der Waals surface area contributed by atoms with Crippen molar-refractivity contribution in [3.63, 3.8) is 0 Å². The molecule has 0 aliphatic rings. The van der Waals surface area contributed by atoms with Gasteiger partial charge in [0.25, 0.3) is 0 Å². The van der Waals surface area contributed by atoms with Crippen molar-refractivity contribution >= 4 is 21.6 Å². The second-order valence-corrected chi connectivity index (χ2v) is 6.14. The quantitative estimate of drug-likeness (QED) is 0.800. The normalized spacial score (nSPS) is 11.8. The topological polar surface area (TPSA) is 61.2 Å². The van der Waals surface area contributed by atoms with Crippen molar-refractivity contribution in [2.24, 2.45) is 0 Å². The highest BCUT2D eigenvalue weighted by Crippen LogP contribution is 2.26. The Morgan fingerprint density at radius 1 is 1.50 bits per heavy atom. The van der Waals surface area contributed by atoms with Gasteiger partial charge in [-0.2, -0.15) is 9.57 Å². The van der Waals surface area contributed by atoms with Gasteiger partial charge in [-0.05, 0) is 32.0 Å². The molecule has 0 radical (unpaired) electrons. The minimum atomic E-state index is -3.98. The van der Waals surface area contributed by atoms with Crippen molar-refractivity contribution in [1.82, 2.24) is 4.31 Å². The highest BCUT2D eigenvalue weighted by molar-refractivity contribution is 7.89. The van der Waals surface area contributed by atoms with E-state index in [9.17, 15) is 12.8 Å². The van der Waals surface area contributed by atoms with Gasteiger partial charge in [-0.1, -0.05) is 11.6 Å². The number of nitriles is 1. The maximum Gasteiger partial charge on any atom is 0.245 e. The van der Waals surface area contributed by atoms with Crippen molar-refractivity contribution in [2.75, 3.05) is 6.54 Å². The van der Waals surface area contributed by atoms with Crippen LogP contribution in [0.25, 0.3) is 0 Å². The molecule has 0 aliphatic carbocycles. The fraction of sp³-hybridized carbons (Fsp3) is 0.364. The van der Waals surface area contributed by atoms with Gasteiger partial charge in [-0.3, -0.25) is 0 Å². The second-order valence-electron chi connectivity index (χ2n) is 3.88. The van der Waals surface area contributed by atoms with Crippen LogP contribution < -0.4 is 0 Å². The molecule has 0 unspecified atom stereocenters. The smallest absolute Gasteiger partial charge is 0.207 e. The first kappa shape index (κ1) is 14.9. The molecular formula is C11H12ClFN2O2S. The highest BCUT2D eigenvalue weighted by atomic mass is 35.5. The summed E-state index contributed by atoms with van der Waals surface area (Å²) in [5.41, 5.74) is 0. The number of nitrogens with zero attached hydrogens (tertiary/aromatic N) is 2. The third-order valence-corrected chi connectivity index (χ3v) is 4.79. The number of benzene rings is 1. The van der Waals surface area contributed by atoms with Crippen molar-refractivity contribution < 1.29 is 12.8 Å². The average molecular weight is 291 g/mol. The number of rotatable bonds is 4. The molecule has 0 saturated carbocycles. The molecule has 4 nitrogen and oxygen atoms in total.